The summed E-state index contributed by atoms with van der Waals surface area (Å²) in [6, 6.07) is 1.68. The SMILES string of the molecule is CNC(=O)Cn1cc(NC(=O)c2sccc2N)cn1. The number of nitrogens with two attached hydrogens (primary N) is 1. The summed E-state index contributed by atoms with van der Waals surface area (Å²) in [7, 11) is 1.55. The number of carbonyl (C=O) groups excluding carboxylic acids is 2. The molecule has 0 aliphatic rings. The molecule has 2 aromatic heterocycles. The summed E-state index contributed by atoms with van der Waals surface area (Å²) < 4.78 is 1.44. The highest BCUT2D eigenvalue weighted by molar-refractivity contribution is 7.12. The van der Waals surface area contributed by atoms with Crippen molar-refractivity contribution < 1.29 is 9.59 Å². The summed E-state index contributed by atoms with van der Waals surface area (Å²) in [5.41, 5.74) is 6.62. The van der Waals surface area contributed by atoms with Gasteiger partial charge in [-0.25, -0.2) is 0 Å². The van der Waals surface area contributed by atoms with Crippen LogP contribution in [0.2, 0.25) is 0 Å². The second kappa shape index (κ2) is 5.53. The maximum absolute atomic E-state index is 11.9. The van der Waals surface area contributed by atoms with E-state index < -0.39 is 0 Å². The van der Waals surface area contributed by atoms with E-state index in [0.29, 0.717) is 16.3 Å². The first kappa shape index (κ1) is 13.1. The molecule has 0 saturated heterocycles. The smallest absolute Gasteiger partial charge is 0.267 e. The predicted molar refractivity (Wildman–Crippen MR) is 73.0 cm³/mol. The molecular weight excluding hydrogens is 266 g/mol. The van der Waals surface area contributed by atoms with Crippen LogP contribution in [0.3, 0.4) is 0 Å². The minimum Gasteiger partial charge on any atom is -0.397 e. The molecule has 2 aromatic rings. The number of thiophene rings is 1. The Hall–Kier alpha value is -2.35. The number of nitrogens with one attached hydrogen (secondary N) is 2. The van der Waals surface area contributed by atoms with E-state index in [0.717, 1.165) is 0 Å². The summed E-state index contributed by atoms with van der Waals surface area (Å²) in [6.45, 7) is 0.105. The lowest BCUT2D eigenvalue weighted by Crippen LogP contribution is -2.23. The van der Waals surface area contributed by atoms with Crippen LogP contribution in [-0.2, 0) is 11.3 Å². The molecule has 0 atom stereocenters. The van der Waals surface area contributed by atoms with Crippen molar-refractivity contribution in [1.82, 2.24) is 15.1 Å². The number of nitrogen functional groups attached to an aromatic ring is 1. The Bertz CT molecular complexity index is 604. The van der Waals surface area contributed by atoms with Gasteiger partial charge in [0.2, 0.25) is 5.91 Å². The third-order valence-corrected chi connectivity index (χ3v) is 3.31. The van der Waals surface area contributed by atoms with Gasteiger partial charge < -0.3 is 16.4 Å². The van der Waals surface area contributed by atoms with Gasteiger partial charge in [-0.1, -0.05) is 0 Å². The minimum absolute atomic E-state index is 0.105. The molecule has 19 heavy (non-hydrogen) atoms. The van der Waals surface area contributed by atoms with Crippen LogP contribution in [-0.4, -0.2) is 28.6 Å². The van der Waals surface area contributed by atoms with Gasteiger partial charge in [-0.2, -0.15) is 5.10 Å². The normalized spacial score (nSPS) is 10.2. The molecule has 2 heterocycles. The van der Waals surface area contributed by atoms with E-state index in [1.165, 1.54) is 22.2 Å². The molecule has 0 aliphatic heterocycles. The average molecular weight is 279 g/mol. The average Bonchev–Trinajstić information content (AvgIpc) is 2.98. The monoisotopic (exact) mass is 279 g/mol. The van der Waals surface area contributed by atoms with Gasteiger partial charge in [-0.15, -0.1) is 11.3 Å². The second-order valence-electron chi connectivity index (χ2n) is 3.76. The van der Waals surface area contributed by atoms with Gasteiger partial charge in [0.25, 0.3) is 5.91 Å². The molecule has 7 nitrogen and oxygen atoms in total. The first-order valence-electron chi connectivity index (χ1n) is 5.47. The Morgan fingerprint density at radius 3 is 2.95 bits per heavy atom. The number of carbonyl (C=O) groups is 2. The Morgan fingerprint density at radius 1 is 1.53 bits per heavy atom. The number of aromatic nitrogens is 2. The number of likely N-dealkylation sites (N-methyl/N-ethyl adjacent to an activating group) is 1. The lowest BCUT2D eigenvalue weighted by atomic mass is 10.3. The fourth-order valence-corrected chi connectivity index (χ4v) is 2.15. The first-order valence-corrected chi connectivity index (χ1v) is 6.35. The molecule has 2 rings (SSSR count). The van der Waals surface area contributed by atoms with Crippen molar-refractivity contribution in [3.63, 3.8) is 0 Å². The zero-order valence-corrected chi connectivity index (χ0v) is 11.0. The zero-order chi connectivity index (χ0) is 13.8. The number of anilines is 2. The van der Waals surface area contributed by atoms with Gasteiger partial charge >= 0.3 is 0 Å². The fraction of sp³-hybridized carbons (Fsp3) is 0.182. The van der Waals surface area contributed by atoms with Gasteiger partial charge in [0.15, 0.2) is 0 Å². The first-order chi connectivity index (χ1) is 9.10. The quantitative estimate of drug-likeness (QED) is 0.759. The summed E-state index contributed by atoms with van der Waals surface area (Å²) >= 11 is 1.27. The standard InChI is InChI=1S/C11H13N5O2S/c1-13-9(17)6-16-5-7(4-14-16)15-11(18)10-8(12)2-3-19-10/h2-5H,6,12H2,1H3,(H,13,17)(H,15,18). The highest BCUT2D eigenvalue weighted by Crippen LogP contribution is 2.20. The van der Waals surface area contributed by atoms with E-state index in [4.69, 9.17) is 5.73 Å². The lowest BCUT2D eigenvalue weighted by Gasteiger charge is -2.01. The van der Waals surface area contributed by atoms with E-state index >= 15 is 0 Å². The minimum atomic E-state index is -0.285. The van der Waals surface area contributed by atoms with Crippen molar-refractivity contribution in [3.8, 4) is 0 Å². The third-order valence-electron chi connectivity index (χ3n) is 2.38. The van der Waals surface area contributed by atoms with Crippen LogP contribution in [0.5, 0.6) is 0 Å². The van der Waals surface area contributed by atoms with E-state index in [9.17, 15) is 9.59 Å². The molecule has 0 saturated carbocycles. The molecular formula is C11H13N5O2S. The van der Waals surface area contributed by atoms with Crippen LogP contribution in [0.15, 0.2) is 23.8 Å². The molecule has 0 radical (unpaired) electrons. The van der Waals surface area contributed by atoms with Crippen LogP contribution in [0.1, 0.15) is 9.67 Å². The molecule has 0 unspecified atom stereocenters. The number of amides is 2. The molecule has 0 bridgehead atoms. The van der Waals surface area contributed by atoms with Crippen molar-refractivity contribution in [3.05, 3.63) is 28.7 Å². The van der Waals surface area contributed by atoms with Crippen LogP contribution >= 0.6 is 11.3 Å². The fourth-order valence-electron chi connectivity index (χ4n) is 1.43. The molecule has 100 valence electrons. The van der Waals surface area contributed by atoms with Gasteiger partial charge in [0.05, 0.1) is 17.6 Å². The molecule has 0 aliphatic carbocycles. The van der Waals surface area contributed by atoms with Crippen molar-refractivity contribution in [2.45, 2.75) is 6.54 Å². The Labute approximate surface area is 113 Å². The maximum Gasteiger partial charge on any atom is 0.267 e. The summed E-state index contributed by atoms with van der Waals surface area (Å²) in [5.74, 6) is -0.449. The van der Waals surface area contributed by atoms with Crippen LogP contribution in [0.4, 0.5) is 11.4 Å². The predicted octanol–water partition coefficient (Wildman–Crippen LogP) is 0.525. The Balaban J connectivity index is 2.02. The molecule has 0 spiro atoms. The maximum atomic E-state index is 11.9. The molecule has 4 N–H and O–H groups in total. The Morgan fingerprint density at radius 2 is 2.32 bits per heavy atom. The summed E-state index contributed by atoms with van der Waals surface area (Å²) in [5, 5.41) is 10.9. The van der Waals surface area contributed by atoms with Crippen molar-refractivity contribution >= 4 is 34.5 Å². The topological polar surface area (TPSA) is 102 Å². The Kier molecular flexibility index (Phi) is 3.81. The molecule has 0 aromatic carbocycles. The largest absolute Gasteiger partial charge is 0.397 e. The van der Waals surface area contributed by atoms with Crippen molar-refractivity contribution in [1.29, 1.82) is 0 Å². The molecule has 0 fully saturated rings. The van der Waals surface area contributed by atoms with E-state index in [1.54, 1.807) is 24.7 Å². The number of hydrogen-bond acceptors (Lipinski definition) is 5. The van der Waals surface area contributed by atoms with Crippen LogP contribution < -0.4 is 16.4 Å². The van der Waals surface area contributed by atoms with Crippen molar-refractivity contribution in [2.75, 3.05) is 18.1 Å². The number of nitrogens with zero attached hydrogens (tertiary/aromatic N) is 2. The van der Waals surface area contributed by atoms with Crippen LogP contribution in [0.25, 0.3) is 0 Å². The van der Waals surface area contributed by atoms with Crippen LogP contribution in [0, 0.1) is 0 Å². The zero-order valence-electron chi connectivity index (χ0n) is 10.2. The van der Waals surface area contributed by atoms with Gasteiger partial charge in [0.1, 0.15) is 11.4 Å². The summed E-state index contributed by atoms with van der Waals surface area (Å²) in [6.07, 6.45) is 3.06. The summed E-state index contributed by atoms with van der Waals surface area (Å²) in [4.78, 5) is 23.5. The van der Waals surface area contributed by atoms with Crippen molar-refractivity contribution in [2.24, 2.45) is 0 Å². The number of hydrogen-bond donors (Lipinski definition) is 3. The lowest BCUT2D eigenvalue weighted by molar-refractivity contribution is -0.121. The van der Waals surface area contributed by atoms with E-state index in [-0.39, 0.29) is 18.4 Å². The highest BCUT2D eigenvalue weighted by atomic mass is 32.1. The second-order valence-corrected chi connectivity index (χ2v) is 4.68. The van der Waals surface area contributed by atoms with Gasteiger partial charge in [-0.05, 0) is 11.4 Å². The highest BCUT2D eigenvalue weighted by Gasteiger charge is 2.12. The van der Waals surface area contributed by atoms with Gasteiger partial charge in [-0.3, -0.25) is 14.3 Å². The third kappa shape index (κ3) is 3.10. The molecule has 2 amide bonds. The van der Waals surface area contributed by atoms with E-state index in [2.05, 4.69) is 15.7 Å². The van der Waals surface area contributed by atoms with Gasteiger partial charge in [0, 0.05) is 13.2 Å². The molecule has 8 heteroatoms. The number of rotatable bonds is 4. The van der Waals surface area contributed by atoms with E-state index in [1.807, 2.05) is 0 Å².